The van der Waals surface area contributed by atoms with Crippen molar-refractivity contribution in [3.63, 3.8) is 0 Å². The van der Waals surface area contributed by atoms with Crippen LogP contribution in [-0.4, -0.2) is 55.5 Å². The molecule has 0 bridgehead atoms. The Hall–Kier alpha value is -1.59. The number of hydrogen-bond acceptors (Lipinski definition) is 4. The molecular formula is C16H26N4O. The van der Waals surface area contributed by atoms with Crippen LogP contribution in [0.5, 0.6) is 0 Å². The Morgan fingerprint density at radius 3 is 2.95 bits per heavy atom. The monoisotopic (exact) mass is 290 g/mol. The maximum absolute atomic E-state index is 12.2. The highest BCUT2D eigenvalue weighted by Crippen LogP contribution is 2.18. The van der Waals surface area contributed by atoms with Crippen LogP contribution < -0.4 is 11.1 Å². The van der Waals surface area contributed by atoms with E-state index in [4.69, 9.17) is 5.73 Å². The summed E-state index contributed by atoms with van der Waals surface area (Å²) >= 11 is 0. The fraction of sp³-hybridized carbons (Fsp3) is 0.562. The number of likely N-dealkylation sites (N-methyl/N-ethyl adjacent to an activating group) is 1. The van der Waals surface area contributed by atoms with Crippen LogP contribution in [0.3, 0.4) is 0 Å². The van der Waals surface area contributed by atoms with Crippen molar-refractivity contribution >= 4 is 17.3 Å². The lowest BCUT2D eigenvalue weighted by molar-refractivity contribution is -0.117. The van der Waals surface area contributed by atoms with Gasteiger partial charge in [0, 0.05) is 24.0 Å². The van der Waals surface area contributed by atoms with E-state index >= 15 is 0 Å². The van der Waals surface area contributed by atoms with Crippen LogP contribution in [0.2, 0.25) is 0 Å². The molecule has 1 aliphatic heterocycles. The number of piperidine rings is 1. The van der Waals surface area contributed by atoms with Crippen molar-refractivity contribution in [3.05, 3.63) is 23.8 Å². The number of amides is 1. The third-order valence-corrected chi connectivity index (χ3v) is 4.11. The fourth-order valence-corrected chi connectivity index (χ4v) is 2.76. The molecule has 1 heterocycles. The highest BCUT2D eigenvalue weighted by molar-refractivity contribution is 5.93. The van der Waals surface area contributed by atoms with E-state index in [-0.39, 0.29) is 5.91 Å². The second-order valence-corrected chi connectivity index (χ2v) is 6.12. The molecule has 0 saturated carbocycles. The van der Waals surface area contributed by atoms with Crippen molar-refractivity contribution in [2.75, 3.05) is 44.8 Å². The van der Waals surface area contributed by atoms with Crippen LogP contribution in [0.25, 0.3) is 0 Å². The van der Waals surface area contributed by atoms with Gasteiger partial charge in [-0.05, 0) is 58.1 Å². The van der Waals surface area contributed by atoms with Gasteiger partial charge in [0.1, 0.15) is 0 Å². The van der Waals surface area contributed by atoms with Gasteiger partial charge in [0.25, 0.3) is 0 Å². The molecule has 1 atom stereocenters. The van der Waals surface area contributed by atoms with E-state index in [1.165, 1.54) is 6.42 Å². The van der Waals surface area contributed by atoms with Gasteiger partial charge < -0.3 is 16.0 Å². The summed E-state index contributed by atoms with van der Waals surface area (Å²) in [5.41, 5.74) is 8.28. The summed E-state index contributed by atoms with van der Waals surface area (Å²) in [6.07, 6.45) is 2.35. The number of nitrogens with two attached hydrogens (primary N) is 1. The molecule has 1 aromatic carbocycles. The van der Waals surface area contributed by atoms with Gasteiger partial charge in [-0.3, -0.25) is 9.69 Å². The Labute approximate surface area is 127 Å². The van der Waals surface area contributed by atoms with Crippen LogP contribution in [0.1, 0.15) is 18.4 Å². The Kier molecular flexibility index (Phi) is 5.20. The van der Waals surface area contributed by atoms with Crippen molar-refractivity contribution in [2.24, 2.45) is 0 Å². The second-order valence-electron chi connectivity index (χ2n) is 6.12. The molecule has 5 heteroatoms. The minimum absolute atomic E-state index is 0.0307. The average molecular weight is 290 g/mol. The van der Waals surface area contributed by atoms with E-state index in [0.29, 0.717) is 18.3 Å². The number of nitrogen functional groups attached to an aromatic ring is 1. The molecule has 1 saturated heterocycles. The molecule has 0 aliphatic carbocycles. The van der Waals surface area contributed by atoms with Crippen LogP contribution in [0, 0.1) is 6.92 Å². The molecule has 1 fully saturated rings. The minimum Gasteiger partial charge on any atom is -0.399 e. The summed E-state index contributed by atoms with van der Waals surface area (Å²) in [5, 5.41) is 2.97. The number of nitrogens with one attached hydrogen (secondary N) is 1. The summed E-state index contributed by atoms with van der Waals surface area (Å²) in [4.78, 5) is 16.7. The molecule has 1 unspecified atom stereocenters. The molecule has 2 rings (SSSR count). The van der Waals surface area contributed by atoms with E-state index in [9.17, 15) is 4.79 Å². The quantitative estimate of drug-likeness (QED) is 0.826. The van der Waals surface area contributed by atoms with E-state index in [0.717, 1.165) is 30.8 Å². The number of likely N-dealkylation sites (tertiary alicyclic amines) is 1. The van der Waals surface area contributed by atoms with Crippen LogP contribution >= 0.6 is 0 Å². The first-order valence-electron chi connectivity index (χ1n) is 7.50. The number of rotatable bonds is 4. The Bertz CT molecular complexity index is 501. The number of carbonyl (C=O) groups excluding carboxylic acids is 1. The molecule has 5 nitrogen and oxygen atoms in total. The van der Waals surface area contributed by atoms with E-state index in [2.05, 4.69) is 29.2 Å². The maximum Gasteiger partial charge on any atom is 0.238 e. The molecule has 0 aromatic heterocycles. The third-order valence-electron chi connectivity index (χ3n) is 4.11. The third kappa shape index (κ3) is 4.44. The molecule has 116 valence electrons. The lowest BCUT2D eigenvalue weighted by atomic mass is 10.1. The van der Waals surface area contributed by atoms with E-state index in [1.54, 1.807) is 0 Å². The zero-order valence-corrected chi connectivity index (χ0v) is 13.2. The van der Waals surface area contributed by atoms with Gasteiger partial charge in [-0.15, -0.1) is 0 Å². The lowest BCUT2D eigenvalue weighted by Gasteiger charge is -2.35. The predicted molar refractivity (Wildman–Crippen MR) is 87.4 cm³/mol. The summed E-state index contributed by atoms with van der Waals surface area (Å²) in [5.74, 6) is 0.0307. The van der Waals surface area contributed by atoms with Gasteiger partial charge in [0.05, 0.1) is 6.54 Å². The second kappa shape index (κ2) is 6.91. The maximum atomic E-state index is 12.2. The molecule has 1 amide bonds. The summed E-state index contributed by atoms with van der Waals surface area (Å²) in [6.45, 7) is 4.36. The Balaban J connectivity index is 1.91. The lowest BCUT2D eigenvalue weighted by Crippen LogP contribution is -2.47. The van der Waals surface area contributed by atoms with Crippen molar-refractivity contribution in [1.29, 1.82) is 0 Å². The van der Waals surface area contributed by atoms with Gasteiger partial charge in [0.15, 0.2) is 0 Å². The first kappa shape index (κ1) is 15.8. The SMILES string of the molecule is Cc1ccc(N)cc1NC(=O)CN1CCCC(N(C)C)C1. The van der Waals surface area contributed by atoms with Crippen LogP contribution in [0.15, 0.2) is 18.2 Å². The number of benzene rings is 1. The fourth-order valence-electron chi connectivity index (χ4n) is 2.76. The first-order valence-corrected chi connectivity index (χ1v) is 7.50. The molecule has 1 aromatic rings. The smallest absolute Gasteiger partial charge is 0.238 e. The van der Waals surface area contributed by atoms with Crippen molar-refractivity contribution in [3.8, 4) is 0 Å². The number of carbonyl (C=O) groups is 1. The Morgan fingerprint density at radius 2 is 2.24 bits per heavy atom. The zero-order chi connectivity index (χ0) is 15.4. The number of aryl methyl sites for hydroxylation is 1. The Morgan fingerprint density at radius 1 is 1.48 bits per heavy atom. The first-order chi connectivity index (χ1) is 9.95. The van der Waals surface area contributed by atoms with Gasteiger partial charge in [-0.2, -0.15) is 0 Å². The zero-order valence-electron chi connectivity index (χ0n) is 13.2. The predicted octanol–water partition coefficient (Wildman–Crippen LogP) is 1.54. The molecule has 0 radical (unpaired) electrons. The molecule has 0 spiro atoms. The van der Waals surface area contributed by atoms with Crippen LogP contribution in [0.4, 0.5) is 11.4 Å². The van der Waals surface area contributed by atoms with Gasteiger partial charge in [-0.25, -0.2) is 0 Å². The molecular weight excluding hydrogens is 264 g/mol. The van der Waals surface area contributed by atoms with Crippen molar-refractivity contribution < 1.29 is 4.79 Å². The van der Waals surface area contributed by atoms with E-state index in [1.807, 2.05) is 25.1 Å². The van der Waals surface area contributed by atoms with Crippen molar-refractivity contribution in [2.45, 2.75) is 25.8 Å². The average Bonchev–Trinajstić information content (AvgIpc) is 2.43. The standard InChI is InChI=1S/C16H26N4O/c1-12-6-7-13(17)9-15(12)18-16(21)11-20-8-4-5-14(10-20)19(2)3/h6-7,9,14H,4-5,8,10-11,17H2,1-3H3,(H,18,21). The van der Waals surface area contributed by atoms with Gasteiger partial charge >= 0.3 is 0 Å². The number of anilines is 2. The molecule has 3 N–H and O–H groups in total. The summed E-state index contributed by atoms with van der Waals surface area (Å²) in [6, 6.07) is 6.12. The summed E-state index contributed by atoms with van der Waals surface area (Å²) < 4.78 is 0. The molecule has 1 aliphatic rings. The summed E-state index contributed by atoms with van der Waals surface area (Å²) in [7, 11) is 4.20. The topological polar surface area (TPSA) is 61.6 Å². The number of nitrogens with zero attached hydrogens (tertiary/aromatic N) is 2. The highest BCUT2D eigenvalue weighted by Gasteiger charge is 2.22. The van der Waals surface area contributed by atoms with Crippen LogP contribution in [-0.2, 0) is 4.79 Å². The van der Waals surface area contributed by atoms with E-state index < -0.39 is 0 Å². The number of hydrogen-bond donors (Lipinski definition) is 2. The minimum atomic E-state index is 0.0307. The van der Waals surface area contributed by atoms with Crippen molar-refractivity contribution in [1.82, 2.24) is 9.80 Å². The van der Waals surface area contributed by atoms with Gasteiger partial charge in [-0.1, -0.05) is 6.07 Å². The molecule has 21 heavy (non-hydrogen) atoms. The highest BCUT2D eigenvalue weighted by atomic mass is 16.2. The normalized spacial score (nSPS) is 19.7. The van der Waals surface area contributed by atoms with Gasteiger partial charge in [0.2, 0.25) is 5.91 Å². The largest absolute Gasteiger partial charge is 0.399 e.